The van der Waals surface area contributed by atoms with Gasteiger partial charge < -0.3 is 15.0 Å². The average Bonchev–Trinajstić information content (AvgIpc) is 2.62. The summed E-state index contributed by atoms with van der Waals surface area (Å²) >= 11 is 6.06. The first-order valence-electron chi connectivity index (χ1n) is 8.45. The van der Waals surface area contributed by atoms with Gasteiger partial charge in [0.25, 0.3) is 5.56 Å². The highest BCUT2D eigenvalue weighted by Crippen LogP contribution is 2.33. The molecule has 2 N–H and O–H groups in total. The second kappa shape index (κ2) is 7.36. The van der Waals surface area contributed by atoms with Crippen molar-refractivity contribution in [1.82, 2.24) is 4.57 Å². The number of aryl methyl sites for hydroxylation is 1. The van der Waals surface area contributed by atoms with Crippen LogP contribution >= 0.6 is 11.6 Å². The molecule has 5 nitrogen and oxygen atoms in total. The van der Waals surface area contributed by atoms with E-state index in [1.165, 1.54) is 4.57 Å². The number of nitriles is 1. The molecule has 0 saturated carbocycles. The van der Waals surface area contributed by atoms with Gasteiger partial charge >= 0.3 is 0 Å². The van der Waals surface area contributed by atoms with Gasteiger partial charge in [0.15, 0.2) is 0 Å². The number of aliphatic hydroxyl groups is 1. The second-order valence-electron chi connectivity index (χ2n) is 6.58. The number of benzene rings is 1. The monoisotopic (exact) mass is 369 g/mol. The minimum Gasteiger partial charge on any atom is -0.370 e. The SMILES string of the molecule is C[C@H](CCc1ccc(C#N)n(C)c1=O)C1=Cc2cc(Cl)ccc2NC1O. The van der Waals surface area contributed by atoms with Gasteiger partial charge in [0.05, 0.1) is 0 Å². The van der Waals surface area contributed by atoms with E-state index < -0.39 is 6.23 Å². The van der Waals surface area contributed by atoms with Gasteiger partial charge in [0.2, 0.25) is 0 Å². The number of nitrogens with zero attached hydrogens (tertiary/aromatic N) is 2. The number of aliphatic hydroxyl groups excluding tert-OH is 1. The third-order valence-corrected chi connectivity index (χ3v) is 5.09. The van der Waals surface area contributed by atoms with Crippen molar-refractivity contribution in [2.24, 2.45) is 13.0 Å². The smallest absolute Gasteiger partial charge is 0.254 e. The molecule has 26 heavy (non-hydrogen) atoms. The standard InChI is InChI=1S/C20H20ClN3O2/c1-12(3-4-13-5-7-16(11-22)24(2)20(13)26)17-10-14-9-15(21)6-8-18(14)23-19(17)25/h5-10,12,19,23,25H,3-4H2,1-2H3/t12-,19?/m1/s1. The number of halogens is 1. The van der Waals surface area contributed by atoms with Gasteiger partial charge in [0, 0.05) is 23.3 Å². The number of nitrogens with one attached hydrogen (secondary N) is 1. The van der Waals surface area contributed by atoms with Gasteiger partial charge in [-0.15, -0.1) is 0 Å². The summed E-state index contributed by atoms with van der Waals surface area (Å²) in [6, 6.07) is 10.9. The first-order valence-corrected chi connectivity index (χ1v) is 8.83. The minimum atomic E-state index is -0.762. The van der Waals surface area contributed by atoms with Crippen molar-refractivity contribution in [3.8, 4) is 6.07 Å². The first-order chi connectivity index (χ1) is 12.4. The zero-order valence-electron chi connectivity index (χ0n) is 14.7. The molecule has 2 aromatic rings. The number of rotatable bonds is 4. The summed E-state index contributed by atoms with van der Waals surface area (Å²) in [5.74, 6) is 0.0741. The Kier molecular flexibility index (Phi) is 5.17. The summed E-state index contributed by atoms with van der Waals surface area (Å²) < 4.78 is 1.37. The third kappa shape index (κ3) is 3.52. The number of fused-ring (bicyclic) bond motifs is 1. The normalized spacial score (nSPS) is 16.9. The predicted molar refractivity (Wildman–Crippen MR) is 103 cm³/mol. The summed E-state index contributed by atoms with van der Waals surface area (Å²) in [6.07, 6.45) is 2.49. The Morgan fingerprint density at radius 3 is 2.88 bits per heavy atom. The molecular weight excluding hydrogens is 350 g/mol. The fraction of sp³-hybridized carbons (Fsp3) is 0.300. The van der Waals surface area contributed by atoms with Crippen LogP contribution in [0.1, 0.15) is 30.2 Å². The topological polar surface area (TPSA) is 78.0 Å². The molecule has 1 aliphatic rings. The molecule has 0 aliphatic carbocycles. The molecule has 1 aromatic carbocycles. The van der Waals surface area contributed by atoms with Gasteiger partial charge in [-0.1, -0.05) is 24.6 Å². The van der Waals surface area contributed by atoms with E-state index in [2.05, 4.69) is 5.32 Å². The van der Waals surface area contributed by atoms with Crippen molar-refractivity contribution in [3.63, 3.8) is 0 Å². The highest BCUT2D eigenvalue weighted by atomic mass is 35.5. The van der Waals surface area contributed by atoms with Crippen LogP contribution in [0.4, 0.5) is 5.69 Å². The molecule has 134 valence electrons. The largest absolute Gasteiger partial charge is 0.370 e. The summed E-state index contributed by atoms with van der Waals surface area (Å²) in [5.41, 5.74) is 3.52. The molecule has 0 bridgehead atoms. The zero-order chi connectivity index (χ0) is 18.8. The van der Waals surface area contributed by atoms with Gasteiger partial charge in [-0.2, -0.15) is 5.26 Å². The number of hydrogen-bond donors (Lipinski definition) is 2. The van der Waals surface area contributed by atoms with Crippen molar-refractivity contribution < 1.29 is 5.11 Å². The van der Waals surface area contributed by atoms with Crippen molar-refractivity contribution in [2.75, 3.05) is 5.32 Å². The Labute approximate surface area is 157 Å². The van der Waals surface area contributed by atoms with Crippen LogP contribution < -0.4 is 10.9 Å². The van der Waals surface area contributed by atoms with E-state index >= 15 is 0 Å². The van der Waals surface area contributed by atoms with Gasteiger partial charge in [-0.05, 0) is 60.2 Å². The van der Waals surface area contributed by atoms with Crippen LogP contribution in [-0.4, -0.2) is 15.9 Å². The Bertz CT molecular complexity index is 972. The van der Waals surface area contributed by atoms with Crippen molar-refractivity contribution in [3.05, 3.63) is 68.1 Å². The van der Waals surface area contributed by atoms with Crippen LogP contribution in [0.5, 0.6) is 0 Å². The Hall–Kier alpha value is -2.55. The molecule has 0 radical (unpaired) electrons. The van der Waals surface area contributed by atoms with Crippen molar-refractivity contribution in [1.29, 1.82) is 5.26 Å². The van der Waals surface area contributed by atoms with Crippen LogP contribution in [0, 0.1) is 17.2 Å². The molecule has 0 spiro atoms. The van der Waals surface area contributed by atoms with Gasteiger partial charge in [-0.25, -0.2) is 0 Å². The molecule has 2 heterocycles. The molecular formula is C20H20ClN3O2. The predicted octanol–water partition coefficient (Wildman–Crippen LogP) is 3.31. The molecule has 1 aromatic heterocycles. The summed E-state index contributed by atoms with van der Waals surface area (Å²) in [4.78, 5) is 12.3. The Morgan fingerprint density at radius 1 is 1.38 bits per heavy atom. The second-order valence-corrected chi connectivity index (χ2v) is 7.02. The lowest BCUT2D eigenvalue weighted by atomic mass is 9.89. The van der Waals surface area contributed by atoms with Crippen LogP contribution in [-0.2, 0) is 13.5 Å². The van der Waals surface area contributed by atoms with Crippen LogP contribution in [0.2, 0.25) is 5.02 Å². The lowest BCUT2D eigenvalue weighted by molar-refractivity contribution is 0.225. The van der Waals surface area contributed by atoms with E-state index in [4.69, 9.17) is 16.9 Å². The van der Waals surface area contributed by atoms with E-state index in [1.807, 2.05) is 31.2 Å². The molecule has 0 saturated heterocycles. The van der Waals surface area contributed by atoms with E-state index in [0.29, 0.717) is 29.1 Å². The highest BCUT2D eigenvalue weighted by Gasteiger charge is 2.23. The fourth-order valence-corrected chi connectivity index (χ4v) is 3.39. The number of hydrogen-bond acceptors (Lipinski definition) is 4. The Morgan fingerprint density at radius 2 is 2.15 bits per heavy atom. The van der Waals surface area contributed by atoms with Crippen LogP contribution in [0.25, 0.3) is 6.08 Å². The van der Waals surface area contributed by atoms with Crippen LogP contribution in [0.3, 0.4) is 0 Å². The van der Waals surface area contributed by atoms with Crippen molar-refractivity contribution in [2.45, 2.75) is 26.0 Å². The van der Waals surface area contributed by atoms with E-state index in [0.717, 1.165) is 16.8 Å². The molecule has 0 amide bonds. The van der Waals surface area contributed by atoms with E-state index in [-0.39, 0.29) is 11.5 Å². The third-order valence-electron chi connectivity index (χ3n) is 4.86. The van der Waals surface area contributed by atoms with Gasteiger partial charge in [-0.3, -0.25) is 4.79 Å². The lowest BCUT2D eigenvalue weighted by Crippen LogP contribution is -2.28. The fourth-order valence-electron chi connectivity index (χ4n) is 3.21. The summed E-state index contributed by atoms with van der Waals surface area (Å²) in [5, 5.41) is 23.1. The van der Waals surface area contributed by atoms with Crippen LogP contribution in [0.15, 0.2) is 40.7 Å². The summed E-state index contributed by atoms with van der Waals surface area (Å²) in [7, 11) is 1.60. The van der Waals surface area contributed by atoms with E-state index in [1.54, 1.807) is 25.2 Å². The zero-order valence-corrected chi connectivity index (χ0v) is 15.4. The van der Waals surface area contributed by atoms with Gasteiger partial charge in [0.1, 0.15) is 18.0 Å². The minimum absolute atomic E-state index is 0.0741. The van der Waals surface area contributed by atoms with E-state index in [9.17, 15) is 9.90 Å². The molecule has 0 fully saturated rings. The quantitative estimate of drug-likeness (QED) is 0.866. The molecule has 3 rings (SSSR count). The molecule has 6 heteroatoms. The maximum absolute atomic E-state index is 12.3. The number of anilines is 1. The maximum atomic E-state index is 12.3. The van der Waals surface area contributed by atoms with Crippen molar-refractivity contribution >= 4 is 23.4 Å². The molecule has 2 atom stereocenters. The maximum Gasteiger partial charge on any atom is 0.254 e. The summed E-state index contributed by atoms with van der Waals surface area (Å²) in [6.45, 7) is 2.03. The highest BCUT2D eigenvalue weighted by molar-refractivity contribution is 6.30. The molecule has 1 aliphatic heterocycles. The Balaban J connectivity index is 1.78. The average molecular weight is 370 g/mol. The number of aromatic nitrogens is 1. The molecule has 1 unspecified atom stereocenters. The number of pyridine rings is 1. The lowest BCUT2D eigenvalue weighted by Gasteiger charge is -2.28. The first kappa shape index (κ1) is 18.2.